The molecule has 1 N–H and O–H groups in total. The van der Waals surface area contributed by atoms with E-state index in [2.05, 4.69) is 39.9 Å². The molecule has 2 atom stereocenters. The van der Waals surface area contributed by atoms with E-state index < -0.39 is 0 Å². The van der Waals surface area contributed by atoms with Crippen LogP contribution >= 0.6 is 0 Å². The maximum atomic E-state index is 3.64. The summed E-state index contributed by atoms with van der Waals surface area (Å²) in [5, 5.41) is 3.64. The molecular formula is C12H27N. The molecule has 13 heavy (non-hydrogen) atoms. The van der Waals surface area contributed by atoms with Crippen LogP contribution in [0, 0.1) is 11.8 Å². The smallest absolute Gasteiger partial charge is 0.0120 e. The minimum absolute atomic E-state index is 0.727. The summed E-state index contributed by atoms with van der Waals surface area (Å²) in [6.07, 6.45) is 3.89. The Labute approximate surface area is 84.3 Å². The average molecular weight is 185 g/mol. The number of rotatable bonds is 7. The summed E-state index contributed by atoms with van der Waals surface area (Å²) in [5.41, 5.74) is 0. The third-order valence-electron chi connectivity index (χ3n) is 3.25. The van der Waals surface area contributed by atoms with Crippen molar-refractivity contribution in [1.29, 1.82) is 0 Å². The van der Waals surface area contributed by atoms with Crippen LogP contribution in [0.1, 0.15) is 53.9 Å². The fourth-order valence-corrected chi connectivity index (χ4v) is 2.12. The number of hydrogen-bond donors (Lipinski definition) is 1. The Kier molecular flexibility index (Phi) is 7.35. The summed E-state index contributed by atoms with van der Waals surface area (Å²) < 4.78 is 0. The van der Waals surface area contributed by atoms with E-state index in [-0.39, 0.29) is 0 Å². The van der Waals surface area contributed by atoms with E-state index in [1.54, 1.807) is 0 Å². The first-order valence-electron chi connectivity index (χ1n) is 5.94. The van der Waals surface area contributed by atoms with Gasteiger partial charge in [0.05, 0.1) is 0 Å². The van der Waals surface area contributed by atoms with Crippen molar-refractivity contribution in [2.45, 2.75) is 59.9 Å². The topological polar surface area (TPSA) is 12.0 Å². The third-order valence-corrected chi connectivity index (χ3v) is 3.25. The molecule has 80 valence electrons. The van der Waals surface area contributed by atoms with Crippen molar-refractivity contribution < 1.29 is 0 Å². The van der Waals surface area contributed by atoms with Crippen LogP contribution in [0.2, 0.25) is 0 Å². The molecule has 0 spiro atoms. The maximum Gasteiger partial charge on any atom is 0.0120 e. The molecule has 0 saturated carbocycles. The van der Waals surface area contributed by atoms with Gasteiger partial charge in [0.15, 0.2) is 0 Å². The van der Waals surface area contributed by atoms with E-state index in [1.165, 1.54) is 19.3 Å². The normalized spacial score (nSPS) is 16.2. The van der Waals surface area contributed by atoms with Crippen molar-refractivity contribution in [3.63, 3.8) is 0 Å². The standard InChI is InChI=1S/C12H27N/c1-6-10(5)12(13-9-4)11(7-2)8-3/h10-13H,6-9H2,1-5H3. The summed E-state index contributed by atoms with van der Waals surface area (Å²) >= 11 is 0. The van der Waals surface area contributed by atoms with Crippen molar-refractivity contribution in [3.05, 3.63) is 0 Å². The van der Waals surface area contributed by atoms with E-state index in [1.807, 2.05) is 0 Å². The molecule has 0 aliphatic heterocycles. The monoisotopic (exact) mass is 185 g/mol. The lowest BCUT2D eigenvalue weighted by Crippen LogP contribution is -2.40. The molecule has 0 bridgehead atoms. The van der Waals surface area contributed by atoms with Gasteiger partial charge in [-0.3, -0.25) is 0 Å². The Morgan fingerprint density at radius 3 is 1.77 bits per heavy atom. The molecule has 0 saturated heterocycles. The molecule has 0 rings (SSSR count). The van der Waals surface area contributed by atoms with Gasteiger partial charge in [-0.25, -0.2) is 0 Å². The van der Waals surface area contributed by atoms with Crippen LogP contribution in [0.3, 0.4) is 0 Å². The fraction of sp³-hybridized carbons (Fsp3) is 1.00. The van der Waals surface area contributed by atoms with Gasteiger partial charge in [0.1, 0.15) is 0 Å². The van der Waals surface area contributed by atoms with Crippen LogP contribution in [0.25, 0.3) is 0 Å². The lowest BCUT2D eigenvalue weighted by atomic mass is 9.84. The first-order chi connectivity index (χ1) is 6.21. The average Bonchev–Trinajstić information content (AvgIpc) is 2.17. The van der Waals surface area contributed by atoms with E-state index in [9.17, 15) is 0 Å². The van der Waals surface area contributed by atoms with Gasteiger partial charge in [0, 0.05) is 6.04 Å². The van der Waals surface area contributed by atoms with Crippen molar-refractivity contribution in [1.82, 2.24) is 5.32 Å². The molecule has 0 fully saturated rings. The predicted molar refractivity (Wildman–Crippen MR) is 61.0 cm³/mol. The van der Waals surface area contributed by atoms with E-state index in [0.717, 1.165) is 24.4 Å². The summed E-state index contributed by atoms with van der Waals surface area (Å²) in [6, 6.07) is 0.727. The third kappa shape index (κ3) is 4.12. The van der Waals surface area contributed by atoms with Gasteiger partial charge in [-0.05, 0) is 18.4 Å². The molecule has 0 heterocycles. The van der Waals surface area contributed by atoms with Crippen LogP contribution in [0.5, 0.6) is 0 Å². The number of nitrogens with one attached hydrogen (secondary N) is 1. The Morgan fingerprint density at radius 1 is 0.923 bits per heavy atom. The van der Waals surface area contributed by atoms with Crippen LogP contribution in [-0.2, 0) is 0 Å². The molecule has 0 amide bonds. The van der Waals surface area contributed by atoms with Gasteiger partial charge in [-0.1, -0.05) is 53.9 Å². The molecule has 0 aromatic carbocycles. The predicted octanol–water partition coefficient (Wildman–Crippen LogP) is 3.45. The zero-order valence-corrected chi connectivity index (χ0v) is 10.1. The first kappa shape index (κ1) is 13.0. The van der Waals surface area contributed by atoms with Crippen molar-refractivity contribution in [3.8, 4) is 0 Å². The minimum atomic E-state index is 0.727. The van der Waals surface area contributed by atoms with Crippen molar-refractivity contribution in [2.75, 3.05) is 6.54 Å². The zero-order valence-electron chi connectivity index (χ0n) is 10.1. The van der Waals surface area contributed by atoms with Crippen LogP contribution in [0.15, 0.2) is 0 Å². The quantitative estimate of drug-likeness (QED) is 0.640. The van der Waals surface area contributed by atoms with Crippen molar-refractivity contribution in [2.24, 2.45) is 11.8 Å². The van der Waals surface area contributed by atoms with Gasteiger partial charge >= 0.3 is 0 Å². The second kappa shape index (κ2) is 7.37. The van der Waals surface area contributed by atoms with Gasteiger partial charge in [0.25, 0.3) is 0 Å². The van der Waals surface area contributed by atoms with Gasteiger partial charge < -0.3 is 5.32 Å². The molecule has 0 aromatic rings. The summed E-state index contributed by atoms with van der Waals surface area (Å²) in [7, 11) is 0. The second-order valence-corrected chi connectivity index (χ2v) is 4.05. The second-order valence-electron chi connectivity index (χ2n) is 4.05. The lowest BCUT2D eigenvalue weighted by molar-refractivity contribution is 0.255. The Bertz CT molecular complexity index is 108. The first-order valence-corrected chi connectivity index (χ1v) is 5.94. The summed E-state index contributed by atoms with van der Waals surface area (Å²) in [5.74, 6) is 1.67. The van der Waals surface area contributed by atoms with E-state index >= 15 is 0 Å². The fourth-order valence-electron chi connectivity index (χ4n) is 2.12. The Hall–Kier alpha value is -0.0400. The van der Waals surface area contributed by atoms with Crippen molar-refractivity contribution >= 4 is 0 Å². The highest BCUT2D eigenvalue weighted by Crippen LogP contribution is 2.21. The summed E-state index contributed by atoms with van der Waals surface area (Å²) in [4.78, 5) is 0. The largest absolute Gasteiger partial charge is 0.314 e. The highest BCUT2D eigenvalue weighted by atomic mass is 14.9. The molecule has 0 aliphatic rings. The van der Waals surface area contributed by atoms with E-state index in [0.29, 0.717) is 0 Å². The molecule has 1 nitrogen and oxygen atoms in total. The molecule has 0 aromatic heterocycles. The van der Waals surface area contributed by atoms with Gasteiger partial charge in [-0.2, -0.15) is 0 Å². The van der Waals surface area contributed by atoms with Gasteiger partial charge in [-0.15, -0.1) is 0 Å². The molecule has 1 heteroatoms. The molecular weight excluding hydrogens is 158 g/mol. The minimum Gasteiger partial charge on any atom is -0.314 e. The summed E-state index contributed by atoms with van der Waals surface area (Å²) in [6.45, 7) is 12.6. The Balaban J connectivity index is 4.19. The molecule has 2 unspecified atom stereocenters. The highest BCUT2D eigenvalue weighted by molar-refractivity contribution is 4.78. The lowest BCUT2D eigenvalue weighted by Gasteiger charge is -2.31. The van der Waals surface area contributed by atoms with E-state index in [4.69, 9.17) is 0 Å². The van der Waals surface area contributed by atoms with Gasteiger partial charge in [0.2, 0.25) is 0 Å². The maximum absolute atomic E-state index is 3.64. The highest BCUT2D eigenvalue weighted by Gasteiger charge is 2.21. The molecule has 0 aliphatic carbocycles. The Morgan fingerprint density at radius 2 is 1.46 bits per heavy atom. The number of hydrogen-bond acceptors (Lipinski definition) is 1. The van der Waals surface area contributed by atoms with Crippen LogP contribution < -0.4 is 5.32 Å². The van der Waals surface area contributed by atoms with Crippen LogP contribution in [0.4, 0.5) is 0 Å². The zero-order chi connectivity index (χ0) is 10.3. The SMILES string of the molecule is CCNC(C(C)CC)C(CC)CC. The van der Waals surface area contributed by atoms with Crippen LogP contribution in [-0.4, -0.2) is 12.6 Å². The molecule has 0 radical (unpaired) electrons.